The van der Waals surface area contributed by atoms with Gasteiger partial charge in [0.25, 0.3) is 0 Å². The molecule has 1 saturated heterocycles. The predicted octanol–water partition coefficient (Wildman–Crippen LogP) is 1.86. The van der Waals surface area contributed by atoms with Gasteiger partial charge in [0.05, 0.1) is 6.54 Å². The second-order valence-corrected chi connectivity index (χ2v) is 5.47. The van der Waals surface area contributed by atoms with Gasteiger partial charge in [-0.25, -0.2) is 4.79 Å². The second kappa shape index (κ2) is 3.96. The van der Waals surface area contributed by atoms with Crippen LogP contribution in [-0.2, 0) is 9.53 Å². The molecule has 0 saturated carbocycles. The van der Waals surface area contributed by atoms with Crippen LogP contribution in [0, 0.1) is 0 Å². The van der Waals surface area contributed by atoms with Gasteiger partial charge < -0.3 is 9.84 Å². The summed E-state index contributed by atoms with van der Waals surface area (Å²) in [5.41, 5.74) is -0.971. The molecule has 0 aromatic heterocycles. The fraction of sp³-hybridized carbons (Fsp3) is 0.818. The van der Waals surface area contributed by atoms with E-state index < -0.39 is 11.6 Å². The molecule has 1 heterocycles. The number of hydrogen-bond donors (Lipinski definition) is 1. The number of amides is 1. The van der Waals surface area contributed by atoms with Crippen molar-refractivity contribution in [3.05, 3.63) is 0 Å². The molecule has 5 heteroatoms. The minimum Gasteiger partial charge on any atom is -0.481 e. The van der Waals surface area contributed by atoms with Gasteiger partial charge in [0.2, 0.25) is 0 Å². The average molecular weight is 229 g/mol. The Labute approximate surface area is 95.4 Å². The van der Waals surface area contributed by atoms with Crippen molar-refractivity contribution in [2.75, 3.05) is 6.54 Å². The Kier molecular flexibility index (Phi) is 3.17. The first kappa shape index (κ1) is 12.8. The van der Waals surface area contributed by atoms with E-state index in [0.717, 1.165) is 0 Å². The number of hydrogen-bond acceptors (Lipinski definition) is 3. The third-order valence-electron chi connectivity index (χ3n) is 2.72. The fourth-order valence-corrected chi connectivity index (χ4v) is 1.71. The maximum atomic E-state index is 11.6. The van der Waals surface area contributed by atoms with E-state index in [4.69, 9.17) is 9.84 Å². The highest BCUT2D eigenvalue weighted by Crippen LogP contribution is 2.31. The van der Waals surface area contributed by atoms with Gasteiger partial charge in [-0.3, -0.25) is 9.69 Å². The molecule has 0 aromatic carbocycles. The van der Waals surface area contributed by atoms with Crippen LogP contribution in [0.5, 0.6) is 0 Å². The number of ether oxygens (including phenoxy) is 1. The molecule has 1 aliphatic rings. The molecule has 1 rings (SSSR count). The number of carboxylic acids is 1. The lowest BCUT2D eigenvalue weighted by molar-refractivity contribution is -0.138. The van der Waals surface area contributed by atoms with Gasteiger partial charge in [-0.1, -0.05) is 0 Å². The van der Waals surface area contributed by atoms with Gasteiger partial charge in [0.1, 0.15) is 5.60 Å². The first-order chi connectivity index (χ1) is 7.14. The monoisotopic (exact) mass is 229 g/mol. The van der Waals surface area contributed by atoms with Gasteiger partial charge in [-0.15, -0.1) is 0 Å². The van der Waals surface area contributed by atoms with Crippen molar-refractivity contribution in [1.82, 2.24) is 4.90 Å². The number of carbonyl (C=O) groups excluding carboxylic acids is 1. The van der Waals surface area contributed by atoms with E-state index >= 15 is 0 Å². The summed E-state index contributed by atoms with van der Waals surface area (Å²) in [4.78, 5) is 23.8. The van der Waals surface area contributed by atoms with Crippen LogP contribution in [-0.4, -0.2) is 39.8 Å². The molecule has 1 atom stereocenters. The maximum Gasteiger partial charge on any atom is 0.410 e. The lowest BCUT2D eigenvalue weighted by Gasteiger charge is -2.30. The van der Waals surface area contributed by atoms with E-state index in [1.54, 1.807) is 11.8 Å². The standard InChI is InChI=1S/C11H19NO4/c1-10(2,3)12-7-11(4,16-9(12)15)6-5-8(13)14/h5-7H2,1-4H3,(H,13,14). The Morgan fingerprint density at radius 1 is 1.56 bits per heavy atom. The molecule has 1 unspecified atom stereocenters. The SMILES string of the molecule is CC1(CCC(=O)O)CN(C(C)(C)C)C(=O)O1. The van der Waals surface area contributed by atoms with E-state index in [1.807, 2.05) is 20.8 Å². The highest BCUT2D eigenvalue weighted by atomic mass is 16.6. The van der Waals surface area contributed by atoms with Crippen LogP contribution < -0.4 is 0 Å². The van der Waals surface area contributed by atoms with E-state index in [0.29, 0.717) is 13.0 Å². The summed E-state index contributed by atoms with van der Waals surface area (Å²) >= 11 is 0. The molecule has 0 radical (unpaired) electrons. The van der Waals surface area contributed by atoms with Gasteiger partial charge in [0, 0.05) is 12.0 Å². The Balaban J connectivity index is 2.67. The van der Waals surface area contributed by atoms with E-state index in [2.05, 4.69) is 0 Å². The molecule has 1 aliphatic heterocycles. The minimum absolute atomic E-state index is 0.0156. The van der Waals surface area contributed by atoms with E-state index in [-0.39, 0.29) is 18.1 Å². The predicted molar refractivity (Wildman–Crippen MR) is 58.2 cm³/mol. The Bertz CT molecular complexity index is 308. The van der Waals surface area contributed by atoms with E-state index in [9.17, 15) is 9.59 Å². The van der Waals surface area contributed by atoms with E-state index in [1.165, 1.54) is 0 Å². The molecule has 1 amide bonds. The van der Waals surface area contributed by atoms with Crippen LogP contribution in [0.25, 0.3) is 0 Å². The van der Waals surface area contributed by atoms with Crippen LogP contribution in [0.2, 0.25) is 0 Å². The van der Waals surface area contributed by atoms with Crippen molar-refractivity contribution in [2.45, 2.75) is 51.7 Å². The number of nitrogens with zero attached hydrogens (tertiary/aromatic N) is 1. The van der Waals surface area contributed by atoms with Crippen molar-refractivity contribution >= 4 is 12.1 Å². The zero-order valence-corrected chi connectivity index (χ0v) is 10.2. The molecule has 5 nitrogen and oxygen atoms in total. The molecule has 0 aliphatic carbocycles. The Hall–Kier alpha value is -1.26. The number of carboxylic acid groups (broad SMARTS) is 1. The number of aliphatic carboxylic acids is 1. The third kappa shape index (κ3) is 2.87. The molecule has 1 fully saturated rings. The molecule has 1 N–H and O–H groups in total. The lowest BCUT2D eigenvalue weighted by atomic mass is 9.98. The Morgan fingerprint density at radius 3 is 2.50 bits per heavy atom. The van der Waals surface area contributed by atoms with Crippen LogP contribution >= 0.6 is 0 Å². The van der Waals surface area contributed by atoms with Gasteiger partial charge in [-0.05, 0) is 34.1 Å². The average Bonchev–Trinajstić information content (AvgIpc) is 2.39. The summed E-state index contributed by atoms with van der Waals surface area (Å²) in [6.45, 7) is 8.01. The zero-order valence-electron chi connectivity index (χ0n) is 10.2. The van der Waals surface area contributed by atoms with Crippen molar-refractivity contribution < 1.29 is 19.4 Å². The summed E-state index contributed by atoms with van der Waals surface area (Å²) in [5, 5.41) is 8.63. The largest absolute Gasteiger partial charge is 0.481 e. The van der Waals surface area contributed by atoms with Gasteiger partial charge in [0.15, 0.2) is 0 Å². The van der Waals surface area contributed by atoms with Gasteiger partial charge >= 0.3 is 12.1 Å². The maximum absolute atomic E-state index is 11.6. The summed E-state index contributed by atoms with van der Waals surface area (Å²) in [6, 6.07) is 0. The molecule has 0 spiro atoms. The lowest BCUT2D eigenvalue weighted by Crippen LogP contribution is -2.43. The van der Waals surface area contributed by atoms with Crippen LogP contribution in [0.15, 0.2) is 0 Å². The highest BCUT2D eigenvalue weighted by Gasteiger charge is 2.45. The third-order valence-corrected chi connectivity index (χ3v) is 2.72. The second-order valence-electron chi connectivity index (χ2n) is 5.47. The van der Waals surface area contributed by atoms with Crippen molar-refractivity contribution in [1.29, 1.82) is 0 Å². The van der Waals surface area contributed by atoms with Crippen LogP contribution in [0.3, 0.4) is 0 Å². The van der Waals surface area contributed by atoms with Crippen molar-refractivity contribution in [3.63, 3.8) is 0 Å². The Morgan fingerprint density at radius 2 is 2.12 bits per heavy atom. The van der Waals surface area contributed by atoms with Crippen LogP contribution in [0.4, 0.5) is 4.79 Å². The molecular formula is C11H19NO4. The fourth-order valence-electron chi connectivity index (χ4n) is 1.71. The summed E-state index contributed by atoms with van der Waals surface area (Å²) in [6.07, 6.45) is 0.00276. The summed E-state index contributed by atoms with van der Waals surface area (Å²) in [5.74, 6) is -0.869. The quantitative estimate of drug-likeness (QED) is 0.802. The minimum atomic E-state index is -0.869. The first-order valence-electron chi connectivity index (χ1n) is 5.36. The van der Waals surface area contributed by atoms with Gasteiger partial charge in [-0.2, -0.15) is 0 Å². The smallest absolute Gasteiger partial charge is 0.410 e. The molecule has 0 aromatic rings. The number of carbonyl (C=O) groups is 2. The van der Waals surface area contributed by atoms with Crippen molar-refractivity contribution in [3.8, 4) is 0 Å². The molecule has 92 valence electrons. The number of rotatable bonds is 3. The normalized spacial score (nSPS) is 25.8. The first-order valence-corrected chi connectivity index (χ1v) is 5.36. The molecule has 0 bridgehead atoms. The van der Waals surface area contributed by atoms with Crippen LogP contribution in [0.1, 0.15) is 40.5 Å². The van der Waals surface area contributed by atoms with Crippen molar-refractivity contribution in [2.24, 2.45) is 0 Å². The summed E-state index contributed by atoms with van der Waals surface area (Å²) < 4.78 is 5.26. The number of cyclic esters (lactones) is 1. The highest BCUT2D eigenvalue weighted by molar-refractivity contribution is 5.72. The summed E-state index contributed by atoms with van der Waals surface area (Å²) in [7, 11) is 0. The molecule has 16 heavy (non-hydrogen) atoms. The topological polar surface area (TPSA) is 66.8 Å². The zero-order chi connectivity index (χ0) is 12.6. The molecular weight excluding hydrogens is 210 g/mol.